The second-order valence-electron chi connectivity index (χ2n) is 5.68. The number of ether oxygens (including phenoxy) is 1. The Hall–Kier alpha value is -1.39. The molecule has 0 saturated carbocycles. The van der Waals surface area contributed by atoms with Gasteiger partial charge in [0.1, 0.15) is 0 Å². The average molecular weight is 274 g/mol. The normalized spacial score (nSPS) is 25.8. The van der Waals surface area contributed by atoms with Gasteiger partial charge in [0, 0.05) is 19.1 Å². The molecular weight excluding hydrogens is 252 g/mol. The van der Waals surface area contributed by atoms with Crippen LogP contribution in [-0.4, -0.2) is 37.7 Å². The lowest BCUT2D eigenvalue weighted by atomic mass is 9.88. The largest absolute Gasteiger partial charge is 0.375 e. The van der Waals surface area contributed by atoms with Gasteiger partial charge in [0.25, 0.3) is 0 Å². The van der Waals surface area contributed by atoms with Gasteiger partial charge in [0.05, 0.1) is 19.1 Å². The highest BCUT2D eigenvalue weighted by Crippen LogP contribution is 2.21. The van der Waals surface area contributed by atoms with Crippen LogP contribution >= 0.6 is 0 Å². The van der Waals surface area contributed by atoms with Gasteiger partial charge in [-0.15, -0.1) is 0 Å². The van der Waals surface area contributed by atoms with Crippen molar-refractivity contribution in [3.8, 4) is 0 Å². The molecule has 0 bridgehead atoms. The SMILES string of the molecule is O=C(CC1CNCCO1)NC1CCc2ccccc2C1. The molecule has 1 aromatic carbocycles. The second-order valence-corrected chi connectivity index (χ2v) is 5.68. The standard InChI is InChI=1S/C16H22N2O2/c19-16(10-15-11-17-7-8-20-15)18-14-6-5-12-3-1-2-4-13(12)9-14/h1-4,14-15,17H,5-11H2,(H,18,19). The maximum absolute atomic E-state index is 12.1. The molecule has 2 N–H and O–H groups in total. The molecule has 1 aromatic rings. The van der Waals surface area contributed by atoms with E-state index in [4.69, 9.17) is 4.74 Å². The monoisotopic (exact) mass is 274 g/mol. The second kappa shape index (κ2) is 6.37. The van der Waals surface area contributed by atoms with Crippen molar-refractivity contribution >= 4 is 5.91 Å². The van der Waals surface area contributed by atoms with E-state index in [2.05, 4.69) is 34.9 Å². The molecule has 1 aliphatic heterocycles. The Morgan fingerprint density at radius 1 is 1.35 bits per heavy atom. The van der Waals surface area contributed by atoms with Crippen LogP contribution in [0.4, 0.5) is 0 Å². The molecule has 4 nitrogen and oxygen atoms in total. The lowest BCUT2D eigenvalue weighted by Crippen LogP contribution is -2.44. The summed E-state index contributed by atoms with van der Waals surface area (Å²) in [4.78, 5) is 12.1. The molecule has 2 unspecified atom stereocenters. The molecule has 108 valence electrons. The highest BCUT2D eigenvalue weighted by atomic mass is 16.5. The summed E-state index contributed by atoms with van der Waals surface area (Å²) >= 11 is 0. The lowest BCUT2D eigenvalue weighted by molar-refractivity contribution is -0.125. The minimum atomic E-state index is 0.0274. The van der Waals surface area contributed by atoms with Crippen molar-refractivity contribution in [1.82, 2.24) is 10.6 Å². The van der Waals surface area contributed by atoms with Crippen molar-refractivity contribution in [3.63, 3.8) is 0 Å². The van der Waals surface area contributed by atoms with Crippen LogP contribution in [-0.2, 0) is 22.4 Å². The smallest absolute Gasteiger partial charge is 0.222 e. The molecule has 0 aromatic heterocycles. The summed E-state index contributed by atoms with van der Waals surface area (Å²) in [5.74, 6) is 0.114. The summed E-state index contributed by atoms with van der Waals surface area (Å²) in [5, 5.41) is 6.41. The van der Waals surface area contributed by atoms with Crippen LogP contribution in [0.25, 0.3) is 0 Å². The summed E-state index contributed by atoms with van der Waals surface area (Å²) in [5.41, 5.74) is 2.80. The van der Waals surface area contributed by atoms with Crippen LogP contribution in [0.2, 0.25) is 0 Å². The zero-order chi connectivity index (χ0) is 13.8. The van der Waals surface area contributed by atoms with Gasteiger partial charge >= 0.3 is 0 Å². The van der Waals surface area contributed by atoms with Crippen LogP contribution in [0.3, 0.4) is 0 Å². The molecule has 1 aliphatic carbocycles. The Balaban J connectivity index is 1.50. The van der Waals surface area contributed by atoms with E-state index in [1.807, 2.05) is 0 Å². The van der Waals surface area contributed by atoms with Gasteiger partial charge in [-0.2, -0.15) is 0 Å². The van der Waals surface area contributed by atoms with Crippen LogP contribution < -0.4 is 10.6 Å². The Morgan fingerprint density at radius 2 is 2.20 bits per heavy atom. The highest BCUT2D eigenvalue weighted by Gasteiger charge is 2.22. The van der Waals surface area contributed by atoms with Crippen LogP contribution in [0, 0.1) is 0 Å². The molecule has 0 radical (unpaired) electrons. The molecule has 1 saturated heterocycles. The van der Waals surface area contributed by atoms with Gasteiger partial charge in [-0.1, -0.05) is 24.3 Å². The average Bonchev–Trinajstić information content (AvgIpc) is 2.48. The number of fused-ring (bicyclic) bond motifs is 1. The van der Waals surface area contributed by atoms with Gasteiger partial charge in [0.2, 0.25) is 5.91 Å². The number of hydrogen-bond donors (Lipinski definition) is 2. The number of morpholine rings is 1. The summed E-state index contributed by atoms with van der Waals surface area (Å²) in [6, 6.07) is 8.79. The van der Waals surface area contributed by atoms with Crippen molar-refractivity contribution < 1.29 is 9.53 Å². The topological polar surface area (TPSA) is 50.4 Å². The fourth-order valence-corrected chi connectivity index (χ4v) is 3.07. The first-order valence-corrected chi connectivity index (χ1v) is 7.50. The van der Waals surface area contributed by atoms with Gasteiger partial charge in [-0.05, 0) is 30.4 Å². The summed E-state index contributed by atoms with van der Waals surface area (Å²) in [6.07, 6.45) is 3.53. The van der Waals surface area contributed by atoms with Crippen molar-refractivity contribution in [2.75, 3.05) is 19.7 Å². The minimum Gasteiger partial charge on any atom is -0.375 e. The zero-order valence-electron chi connectivity index (χ0n) is 11.7. The molecule has 1 amide bonds. The first-order valence-electron chi connectivity index (χ1n) is 7.50. The third-order valence-electron chi connectivity index (χ3n) is 4.13. The maximum atomic E-state index is 12.1. The van der Waals surface area contributed by atoms with Crippen molar-refractivity contribution in [2.45, 2.75) is 37.8 Å². The van der Waals surface area contributed by atoms with E-state index in [0.29, 0.717) is 13.0 Å². The third-order valence-corrected chi connectivity index (χ3v) is 4.13. The van der Waals surface area contributed by atoms with E-state index in [-0.39, 0.29) is 18.1 Å². The number of rotatable bonds is 3. The van der Waals surface area contributed by atoms with Gasteiger partial charge in [-0.25, -0.2) is 0 Å². The molecular formula is C16H22N2O2. The van der Waals surface area contributed by atoms with E-state index >= 15 is 0 Å². The summed E-state index contributed by atoms with van der Waals surface area (Å²) < 4.78 is 5.57. The molecule has 3 rings (SSSR count). The number of aryl methyl sites for hydroxylation is 1. The number of carbonyl (C=O) groups is 1. The van der Waals surface area contributed by atoms with Crippen LogP contribution in [0.1, 0.15) is 24.0 Å². The minimum absolute atomic E-state index is 0.0274. The molecule has 2 atom stereocenters. The molecule has 1 fully saturated rings. The molecule has 2 aliphatic rings. The highest BCUT2D eigenvalue weighted by molar-refractivity contribution is 5.76. The lowest BCUT2D eigenvalue weighted by Gasteiger charge is -2.27. The fourth-order valence-electron chi connectivity index (χ4n) is 3.07. The van der Waals surface area contributed by atoms with E-state index in [9.17, 15) is 4.79 Å². The van der Waals surface area contributed by atoms with Crippen LogP contribution in [0.15, 0.2) is 24.3 Å². The predicted octanol–water partition coefficient (Wildman–Crippen LogP) is 1.04. The molecule has 1 heterocycles. The zero-order valence-corrected chi connectivity index (χ0v) is 11.7. The quantitative estimate of drug-likeness (QED) is 0.866. The Morgan fingerprint density at radius 3 is 3.00 bits per heavy atom. The third kappa shape index (κ3) is 3.38. The Bertz CT molecular complexity index is 469. The van der Waals surface area contributed by atoms with Crippen LogP contribution in [0.5, 0.6) is 0 Å². The predicted molar refractivity (Wildman–Crippen MR) is 77.6 cm³/mol. The number of carbonyl (C=O) groups excluding carboxylic acids is 1. The number of amides is 1. The van der Waals surface area contributed by atoms with E-state index in [1.165, 1.54) is 11.1 Å². The first kappa shape index (κ1) is 13.6. The first-order chi connectivity index (χ1) is 9.81. The summed E-state index contributed by atoms with van der Waals surface area (Å²) in [7, 11) is 0. The fraction of sp³-hybridized carbons (Fsp3) is 0.562. The van der Waals surface area contributed by atoms with E-state index in [0.717, 1.165) is 32.4 Å². The van der Waals surface area contributed by atoms with Gasteiger partial charge in [-0.3, -0.25) is 4.79 Å². The number of hydrogen-bond acceptors (Lipinski definition) is 3. The molecule has 20 heavy (non-hydrogen) atoms. The molecule has 0 spiro atoms. The summed E-state index contributed by atoms with van der Waals surface area (Å²) in [6.45, 7) is 2.37. The van der Waals surface area contributed by atoms with Crippen molar-refractivity contribution in [3.05, 3.63) is 35.4 Å². The van der Waals surface area contributed by atoms with Gasteiger partial charge in [0.15, 0.2) is 0 Å². The maximum Gasteiger partial charge on any atom is 0.222 e. The Labute approximate surface area is 119 Å². The molecule has 4 heteroatoms. The Kier molecular flexibility index (Phi) is 4.33. The van der Waals surface area contributed by atoms with Crippen molar-refractivity contribution in [2.24, 2.45) is 0 Å². The number of benzene rings is 1. The van der Waals surface area contributed by atoms with Crippen molar-refractivity contribution in [1.29, 1.82) is 0 Å². The number of nitrogens with one attached hydrogen (secondary N) is 2. The van der Waals surface area contributed by atoms with E-state index in [1.54, 1.807) is 0 Å². The van der Waals surface area contributed by atoms with Gasteiger partial charge < -0.3 is 15.4 Å². The van der Waals surface area contributed by atoms with E-state index < -0.39 is 0 Å².